The van der Waals surface area contributed by atoms with Gasteiger partial charge in [-0.3, -0.25) is 10.1 Å². The third-order valence-corrected chi connectivity index (χ3v) is 3.77. The summed E-state index contributed by atoms with van der Waals surface area (Å²) in [7, 11) is 1.82. The highest BCUT2D eigenvalue weighted by Gasteiger charge is 2.24. The molecule has 1 heterocycles. The molecule has 21 heavy (non-hydrogen) atoms. The summed E-state index contributed by atoms with van der Waals surface area (Å²) >= 11 is 1.03. The molecule has 2 rings (SSSR count). The minimum Gasteiger partial charge on any atom is -0.320 e. The first kappa shape index (κ1) is 15.4. The zero-order chi connectivity index (χ0) is 15.4. The monoisotopic (exact) mass is 314 g/mol. The number of hydrogen-bond donors (Lipinski definition) is 1. The highest BCUT2D eigenvalue weighted by atomic mass is 32.1. The Morgan fingerprint density at radius 3 is 2.81 bits per heavy atom. The highest BCUT2D eigenvalue weighted by molar-refractivity contribution is 7.14. The summed E-state index contributed by atoms with van der Waals surface area (Å²) in [6, 6.07) is 1.65. The van der Waals surface area contributed by atoms with Gasteiger partial charge in [0.05, 0.1) is 10.5 Å². The van der Waals surface area contributed by atoms with E-state index >= 15 is 0 Å². The van der Waals surface area contributed by atoms with Gasteiger partial charge in [0.2, 0.25) is 5.82 Å². The molecule has 0 spiro atoms. The fourth-order valence-corrected chi connectivity index (χ4v) is 2.67. The number of aryl methyl sites for hydroxylation is 1. The molecule has 0 amide bonds. The number of halogens is 2. The van der Waals surface area contributed by atoms with Crippen molar-refractivity contribution in [2.45, 2.75) is 12.8 Å². The smallest absolute Gasteiger partial charge is 0.305 e. The zero-order valence-corrected chi connectivity index (χ0v) is 11.9. The van der Waals surface area contributed by atoms with Gasteiger partial charge in [-0.05, 0) is 26.1 Å². The molecule has 0 aliphatic carbocycles. The molecule has 1 aromatic carbocycles. The van der Waals surface area contributed by atoms with E-state index in [0.29, 0.717) is 11.4 Å². The third-order valence-electron chi connectivity index (χ3n) is 2.77. The average Bonchev–Trinajstić information content (AvgIpc) is 2.87. The van der Waals surface area contributed by atoms with E-state index in [0.717, 1.165) is 36.4 Å². The molecular formula is C12H12F2N4O2S. The first-order valence-corrected chi connectivity index (χ1v) is 6.96. The largest absolute Gasteiger partial charge is 0.320 e. The Bertz CT molecular complexity index is 663. The molecule has 0 saturated carbocycles. The molecule has 0 bridgehead atoms. The Kier molecular flexibility index (Phi) is 4.86. The molecule has 1 aromatic heterocycles. The second-order valence-corrected chi connectivity index (χ2v) is 5.28. The summed E-state index contributed by atoms with van der Waals surface area (Å²) in [6.45, 7) is 0.786. The second kappa shape index (κ2) is 6.64. The van der Waals surface area contributed by atoms with Crippen molar-refractivity contribution in [2.24, 2.45) is 0 Å². The summed E-state index contributed by atoms with van der Waals surface area (Å²) in [4.78, 5) is 9.80. The van der Waals surface area contributed by atoms with E-state index in [9.17, 15) is 18.9 Å². The number of nitrogens with one attached hydrogen (secondary N) is 1. The van der Waals surface area contributed by atoms with E-state index in [4.69, 9.17) is 0 Å². The molecule has 9 heteroatoms. The third kappa shape index (κ3) is 3.37. The normalized spacial score (nSPS) is 10.8. The first-order chi connectivity index (χ1) is 10.0. The maximum atomic E-state index is 14.0. The summed E-state index contributed by atoms with van der Waals surface area (Å²) in [6.07, 6.45) is 1.43. The molecule has 0 radical (unpaired) electrons. The lowest BCUT2D eigenvalue weighted by Crippen LogP contribution is -2.08. The predicted molar refractivity (Wildman–Crippen MR) is 74.2 cm³/mol. The average molecular weight is 314 g/mol. The number of rotatable bonds is 6. The molecule has 0 saturated heterocycles. The Hall–Kier alpha value is -2.00. The summed E-state index contributed by atoms with van der Waals surface area (Å²) < 4.78 is 27.8. The van der Waals surface area contributed by atoms with Crippen molar-refractivity contribution >= 4 is 17.0 Å². The Morgan fingerprint density at radius 1 is 1.38 bits per heavy atom. The molecule has 0 unspecified atom stereocenters. The van der Waals surface area contributed by atoms with Crippen LogP contribution in [0.3, 0.4) is 0 Å². The van der Waals surface area contributed by atoms with Crippen LogP contribution < -0.4 is 5.32 Å². The first-order valence-electron chi connectivity index (χ1n) is 6.14. The molecule has 112 valence electrons. The standard InChI is InChI=1S/C12H12F2N4O2S/c1-15-6-2-3-9-16-17-12(21-9)10-7(13)4-5-8(11(10)14)18(19)20/h4-5,15H,2-3,6H2,1H3. The van der Waals surface area contributed by atoms with Crippen LogP contribution in [0, 0.1) is 21.7 Å². The van der Waals surface area contributed by atoms with Gasteiger partial charge in [-0.25, -0.2) is 4.39 Å². The van der Waals surface area contributed by atoms with Gasteiger partial charge in [0.25, 0.3) is 0 Å². The summed E-state index contributed by atoms with van der Waals surface area (Å²) in [5.41, 5.74) is -1.28. The quantitative estimate of drug-likeness (QED) is 0.503. The van der Waals surface area contributed by atoms with Gasteiger partial charge in [-0.2, -0.15) is 4.39 Å². The van der Waals surface area contributed by atoms with Gasteiger partial charge in [-0.15, -0.1) is 10.2 Å². The molecule has 6 nitrogen and oxygen atoms in total. The van der Waals surface area contributed by atoms with Crippen LogP contribution in [0.15, 0.2) is 12.1 Å². The van der Waals surface area contributed by atoms with Gasteiger partial charge in [0.1, 0.15) is 10.8 Å². The number of nitro groups is 1. The van der Waals surface area contributed by atoms with Crippen LogP contribution in [0.2, 0.25) is 0 Å². The molecular weight excluding hydrogens is 302 g/mol. The Balaban J connectivity index is 2.33. The van der Waals surface area contributed by atoms with Crippen LogP contribution in [-0.4, -0.2) is 28.7 Å². The predicted octanol–water partition coefficient (Wildman–Crippen LogP) is 2.54. The van der Waals surface area contributed by atoms with E-state index in [1.807, 2.05) is 7.05 Å². The van der Waals surface area contributed by atoms with Crippen molar-refractivity contribution in [3.05, 3.63) is 38.9 Å². The number of hydrogen-bond acceptors (Lipinski definition) is 6. The topological polar surface area (TPSA) is 81.0 Å². The molecule has 0 atom stereocenters. The zero-order valence-electron chi connectivity index (χ0n) is 11.1. The molecule has 2 aromatic rings. The van der Waals surface area contributed by atoms with Crippen molar-refractivity contribution in [1.29, 1.82) is 0 Å². The van der Waals surface area contributed by atoms with Crippen molar-refractivity contribution in [2.75, 3.05) is 13.6 Å². The molecule has 1 N–H and O–H groups in total. The minimum absolute atomic E-state index is 0.00755. The second-order valence-electron chi connectivity index (χ2n) is 4.22. The Labute approximate surface area is 123 Å². The van der Waals surface area contributed by atoms with Crippen LogP contribution in [0.1, 0.15) is 11.4 Å². The minimum atomic E-state index is -1.22. The molecule has 0 aliphatic rings. The van der Waals surface area contributed by atoms with Gasteiger partial charge in [0, 0.05) is 12.5 Å². The van der Waals surface area contributed by atoms with Crippen LogP contribution in [0.25, 0.3) is 10.6 Å². The van der Waals surface area contributed by atoms with Crippen molar-refractivity contribution < 1.29 is 13.7 Å². The molecule has 0 fully saturated rings. The van der Waals surface area contributed by atoms with Gasteiger partial charge >= 0.3 is 5.69 Å². The van der Waals surface area contributed by atoms with Crippen LogP contribution in [0.4, 0.5) is 14.5 Å². The number of nitrogens with zero attached hydrogens (tertiary/aromatic N) is 3. The van der Waals surface area contributed by atoms with Crippen molar-refractivity contribution in [1.82, 2.24) is 15.5 Å². The SMILES string of the molecule is CNCCCc1nnc(-c2c(F)ccc([N+](=O)[O-])c2F)s1. The summed E-state index contributed by atoms with van der Waals surface area (Å²) in [5, 5.41) is 21.9. The fourth-order valence-electron chi connectivity index (χ4n) is 1.75. The van der Waals surface area contributed by atoms with E-state index < -0.39 is 27.8 Å². The summed E-state index contributed by atoms with van der Waals surface area (Å²) in [5.74, 6) is -2.12. The number of benzene rings is 1. The lowest BCUT2D eigenvalue weighted by Gasteiger charge is -2.01. The number of aromatic nitrogens is 2. The van der Waals surface area contributed by atoms with Crippen molar-refractivity contribution in [3.63, 3.8) is 0 Å². The maximum absolute atomic E-state index is 14.0. The highest BCUT2D eigenvalue weighted by Crippen LogP contribution is 2.33. The van der Waals surface area contributed by atoms with Gasteiger partial charge in [-0.1, -0.05) is 11.3 Å². The van der Waals surface area contributed by atoms with Crippen molar-refractivity contribution in [3.8, 4) is 10.6 Å². The lowest BCUT2D eigenvalue weighted by molar-refractivity contribution is -0.387. The van der Waals surface area contributed by atoms with E-state index in [1.165, 1.54) is 0 Å². The van der Waals surface area contributed by atoms with Crippen LogP contribution >= 0.6 is 11.3 Å². The van der Waals surface area contributed by atoms with Gasteiger partial charge < -0.3 is 5.32 Å². The van der Waals surface area contributed by atoms with Crippen LogP contribution in [0.5, 0.6) is 0 Å². The van der Waals surface area contributed by atoms with Gasteiger partial charge in [0.15, 0.2) is 5.01 Å². The van der Waals surface area contributed by atoms with E-state index in [2.05, 4.69) is 15.5 Å². The maximum Gasteiger partial charge on any atom is 0.305 e. The van der Waals surface area contributed by atoms with Crippen LogP contribution in [-0.2, 0) is 6.42 Å². The lowest BCUT2D eigenvalue weighted by atomic mass is 10.2. The van der Waals surface area contributed by atoms with E-state index in [-0.39, 0.29) is 5.01 Å². The number of nitro benzene ring substituents is 1. The Morgan fingerprint density at radius 2 is 2.14 bits per heavy atom. The molecule has 0 aliphatic heterocycles. The van der Waals surface area contributed by atoms with E-state index in [1.54, 1.807) is 0 Å². The fraction of sp³-hybridized carbons (Fsp3) is 0.333.